The van der Waals surface area contributed by atoms with Crippen molar-refractivity contribution in [2.45, 2.75) is 44.1 Å². The van der Waals surface area contributed by atoms with Crippen molar-refractivity contribution in [3.63, 3.8) is 0 Å². The zero-order valence-electron chi connectivity index (χ0n) is 17.1. The second-order valence-corrected chi connectivity index (χ2v) is 10.3. The number of thioether (sulfide) groups is 1. The molecule has 1 aromatic carbocycles. The summed E-state index contributed by atoms with van der Waals surface area (Å²) in [6, 6.07) is 6.57. The number of hydrogen-bond acceptors (Lipinski definition) is 8. The van der Waals surface area contributed by atoms with Crippen LogP contribution in [-0.4, -0.2) is 50.0 Å². The maximum Gasteiger partial charge on any atom is 0.340 e. The third kappa shape index (κ3) is 6.91. The van der Waals surface area contributed by atoms with Gasteiger partial charge in [-0.05, 0) is 42.4 Å². The van der Waals surface area contributed by atoms with Crippen molar-refractivity contribution in [3.05, 3.63) is 45.8 Å². The number of hydrogen-bond donors (Lipinski definition) is 3. The van der Waals surface area contributed by atoms with Gasteiger partial charge >= 0.3 is 19.2 Å². The second kappa shape index (κ2) is 10.6. The van der Waals surface area contributed by atoms with E-state index in [0.717, 1.165) is 0 Å². The van der Waals surface area contributed by atoms with Crippen molar-refractivity contribution in [3.8, 4) is 0 Å². The first-order chi connectivity index (χ1) is 15.1. The molecule has 1 fully saturated rings. The summed E-state index contributed by atoms with van der Waals surface area (Å²) in [7, 11) is -3.98. The molecular weight excluding hydrogens is 461 g/mol. The van der Waals surface area contributed by atoms with E-state index in [9.17, 15) is 24.1 Å². The molecule has 174 valence electrons. The van der Waals surface area contributed by atoms with E-state index in [-0.39, 0.29) is 25.4 Å². The Hall–Kier alpha value is -2.17. The van der Waals surface area contributed by atoms with Gasteiger partial charge in [0.05, 0.1) is 6.42 Å². The molecule has 1 saturated heterocycles. The molecule has 3 N–H and O–H groups in total. The van der Waals surface area contributed by atoms with Gasteiger partial charge in [0.15, 0.2) is 6.23 Å². The fourth-order valence-corrected chi connectivity index (χ4v) is 4.81. The molecule has 32 heavy (non-hydrogen) atoms. The molecule has 2 heterocycles. The number of benzene rings is 1. The highest BCUT2D eigenvalue weighted by atomic mass is 32.2. The van der Waals surface area contributed by atoms with Crippen LogP contribution in [0.15, 0.2) is 33.5 Å². The smallest absolute Gasteiger partial charge is 0.340 e. The van der Waals surface area contributed by atoms with Gasteiger partial charge in [-0.3, -0.25) is 9.36 Å². The molecule has 1 unspecified atom stereocenters. The predicted molar refractivity (Wildman–Crippen MR) is 117 cm³/mol. The van der Waals surface area contributed by atoms with Crippen molar-refractivity contribution in [1.29, 1.82) is 0 Å². The van der Waals surface area contributed by atoms with E-state index in [1.54, 1.807) is 24.3 Å². The van der Waals surface area contributed by atoms with E-state index in [1.165, 1.54) is 11.8 Å². The molecule has 0 saturated carbocycles. The average molecular weight is 485 g/mol. The molecule has 0 radical (unpaired) electrons. The zero-order valence-corrected chi connectivity index (χ0v) is 18.8. The molecule has 10 nitrogen and oxygen atoms in total. The third-order valence-electron chi connectivity index (χ3n) is 4.80. The molecular formula is C20H24NO9PS. The number of carbonyl (C=O) groups is 2. The number of nitrogens with zero attached hydrogens (tertiary/aromatic N) is 1. The Morgan fingerprint density at radius 1 is 1.25 bits per heavy atom. The molecule has 0 spiro atoms. The lowest BCUT2D eigenvalue weighted by atomic mass is 10.1. The zero-order chi connectivity index (χ0) is 23.3. The summed E-state index contributed by atoms with van der Waals surface area (Å²) < 4.78 is 16.2. The summed E-state index contributed by atoms with van der Waals surface area (Å²) >= 11 is 1.46. The number of hydroxylamine groups is 2. The van der Waals surface area contributed by atoms with Crippen LogP contribution >= 0.6 is 19.4 Å². The number of aliphatic hydroxyl groups excluding tert-OH is 1. The quantitative estimate of drug-likeness (QED) is 0.258. The van der Waals surface area contributed by atoms with E-state index in [4.69, 9.17) is 19.0 Å². The Bertz CT molecular complexity index is 1100. The first-order valence-electron chi connectivity index (χ1n) is 10.0. The van der Waals surface area contributed by atoms with Crippen molar-refractivity contribution < 1.29 is 38.3 Å². The van der Waals surface area contributed by atoms with Gasteiger partial charge in [-0.2, -0.15) is 11.8 Å². The first kappa shape index (κ1) is 24.5. The van der Waals surface area contributed by atoms with Gasteiger partial charge in [-0.25, -0.2) is 9.59 Å². The highest BCUT2D eigenvalue weighted by molar-refractivity contribution is 7.98. The fraction of sp³-hybridized carbons (Fsp3) is 0.450. The second-order valence-electron chi connectivity index (χ2n) is 7.46. The summed E-state index contributed by atoms with van der Waals surface area (Å²) in [5.74, 6) is -0.114. The molecule has 1 atom stereocenters. The van der Waals surface area contributed by atoms with Crippen LogP contribution < -0.4 is 5.63 Å². The maximum absolute atomic E-state index is 12.2. The molecule has 2 aromatic rings. The van der Waals surface area contributed by atoms with Gasteiger partial charge < -0.3 is 24.1 Å². The average Bonchev–Trinajstić information content (AvgIpc) is 3.02. The van der Waals surface area contributed by atoms with Crippen molar-refractivity contribution in [2.75, 3.05) is 11.9 Å². The molecule has 12 heteroatoms. The Morgan fingerprint density at radius 3 is 2.72 bits per heavy atom. The van der Waals surface area contributed by atoms with Gasteiger partial charge in [-0.1, -0.05) is 6.07 Å². The van der Waals surface area contributed by atoms with E-state index in [2.05, 4.69) is 0 Å². The lowest BCUT2D eigenvalue weighted by Gasteiger charge is -2.18. The number of rotatable bonds is 10. The van der Waals surface area contributed by atoms with Crippen LogP contribution in [-0.2, 0) is 31.2 Å². The van der Waals surface area contributed by atoms with Gasteiger partial charge in [-0.15, -0.1) is 5.06 Å². The molecule has 1 amide bonds. The van der Waals surface area contributed by atoms with Crippen molar-refractivity contribution >= 4 is 42.2 Å². The van der Waals surface area contributed by atoms with Crippen LogP contribution in [0.2, 0.25) is 0 Å². The number of amides is 1. The SMILES string of the molecule is O=C(Cc1ccc2oc(=O)c(CSCCCCP(=O)(O)O)cc2c1)ON1C(=O)CCC1O. The monoisotopic (exact) mass is 485 g/mol. The minimum absolute atomic E-state index is 0.119. The van der Waals surface area contributed by atoms with E-state index < -0.39 is 31.3 Å². The van der Waals surface area contributed by atoms with Gasteiger partial charge in [0.25, 0.3) is 5.91 Å². The van der Waals surface area contributed by atoms with Crippen molar-refractivity contribution in [2.24, 2.45) is 0 Å². The number of unbranched alkanes of at least 4 members (excludes halogenated alkanes) is 1. The van der Waals surface area contributed by atoms with Crippen LogP contribution in [0, 0.1) is 0 Å². The Labute approximate surface area is 187 Å². The Morgan fingerprint density at radius 2 is 2.03 bits per heavy atom. The van der Waals surface area contributed by atoms with Crippen LogP contribution in [0.3, 0.4) is 0 Å². The van der Waals surface area contributed by atoms with Crippen LogP contribution in [0.1, 0.15) is 36.8 Å². The normalized spacial score (nSPS) is 16.7. The minimum Gasteiger partial charge on any atom is -0.423 e. The van der Waals surface area contributed by atoms with E-state index >= 15 is 0 Å². The summed E-state index contributed by atoms with van der Waals surface area (Å²) in [6.45, 7) is 0. The van der Waals surface area contributed by atoms with Crippen molar-refractivity contribution in [1.82, 2.24) is 5.06 Å². The predicted octanol–water partition coefficient (Wildman–Crippen LogP) is 1.93. The number of aliphatic hydroxyl groups is 1. The van der Waals surface area contributed by atoms with E-state index in [1.807, 2.05) is 0 Å². The lowest BCUT2D eigenvalue weighted by molar-refractivity contribution is -0.220. The Kier molecular flexibility index (Phi) is 8.13. The molecule has 0 aliphatic carbocycles. The third-order valence-corrected chi connectivity index (χ3v) is 6.79. The number of carbonyl (C=O) groups excluding carboxylic acids is 2. The summed E-state index contributed by atoms with van der Waals surface area (Å²) in [5, 5.41) is 11.0. The molecule has 1 aliphatic heterocycles. The minimum atomic E-state index is -3.98. The molecule has 1 aliphatic rings. The van der Waals surface area contributed by atoms with E-state index in [0.29, 0.717) is 51.5 Å². The summed E-state index contributed by atoms with van der Waals surface area (Å²) in [5.41, 5.74) is 0.943. The molecule has 3 rings (SSSR count). The highest BCUT2D eigenvalue weighted by Crippen LogP contribution is 2.35. The van der Waals surface area contributed by atoms with Crippen LogP contribution in [0.4, 0.5) is 0 Å². The van der Waals surface area contributed by atoms with Gasteiger partial charge in [0.1, 0.15) is 5.58 Å². The highest BCUT2D eigenvalue weighted by Gasteiger charge is 2.32. The van der Waals surface area contributed by atoms with Crippen LogP contribution in [0.25, 0.3) is 11.0 Å². The summed E-state index contributed by atoms with van der Waals surface area (Å²) in [4.78, 5) is 58.6. The lowest BCUT2D eigenvalue weighted by Crippen LogP contribution is -2.35. The molecule has 1 aromatic heterocycles. The number of fused-ring (bicyclic) bond motifs is 1. The maximum atomic E-state index is 12.2. The largest absolute Gasteiger partial charge is 0.423 e. The van der Waals surface area contributed by atoms with Crippen LogP contribution in [0.5, 0.6) is 0 Å². The summed E-state index contributed by atoms with van der Waals surface area (Å²) in [6.07, 6.45) is -0.0522. The van der Waals surface area contributed by atoms with Gasteiger partial charge in [0, 0.05) is 35.7 Å². The topological polar surface area (TPSA) is 155 Å². The van der Waals surface area contributed by atoms with Gasteiger partial charge in [0.2, 0.25) is 0 Å². The first-order valence-corrected chi connectivity index (χ1v) is 13.0. The molecule has 0 bridgehead atoms. The standard InChI is InChI=1S/C20H24NO9PS/c22-17-5-6-18(23)21(17)30-19(24)10-13-3-4-16-14(9-13)11-15(20(25)29-16)12-32-8-2-1-7-31(26,27)28/h3-4,9,11,17,22H,1-2,5-8,10,12H2,(H2,26,27,28). The Balaban J connectivity index is 1.59. The fourth-order valence-electron chi connectivity index (χ4n) is 3.20.